The number of primary amides is 1. The van der Waals surface area contributed by atoms with E-state index in [9.17, 15) is 9.18 Å². The van der Waals surface area contributed by atoms with Gasteiger partial charge in [-0.05, 0) is 49.2 Å². The van der Waals surface area contributed by atoms with E-state index in [0.29, 0.717) is 6.54 Å². The van der Waals surface area contributed by atoms with Crippen molar-refractivity contribution in [3.05, 3.63) is 59.7 Å². The number of benzene rings is 1. The third kappa shape index (κ3) is 5.00. The molecule has 25 heavy (non-hydrogen) atoms. The van der Waals surface area contributed by atoms with Crippen molar-refractivity contribution in [1.82, 2.24) is 9.88 Å². The average Bonchev–Trinajstić information content (AvgIpc) is 2.63. The molecular weight excluding hydrogens is 319 g/mol. The second-order valence-corrected chi connectivity index (χ2v) is 6.49. The van der Waals surface area contributed by atoms with E-state index in [2.05, 4.69) is 27.3 Å². The summed E-state index contributed by atoms with van der Waals surface area (Å²) in [7, 11) is 0. The molecule has 2 aromatic rings. The molecule has 3 rings (SSSR count). The maximum atomic E-state index is 12.8. The maximum absolute atomic E-state index is 12.8. The number of rotatable bonds is 6. The number of hydrogen-bond acceptors (Lipinski definition) is 4. The Kier molecular flexibility index (Phi) is 5.60. The van der Waals surface area contributed by atoms with Crippen molar-refractivity contribution in [2.45, 2.75) is 25.9 Å². The molecule has 0 bridgehead atoms. The zero-order chi connectivity index (χ0) is 17.6. The lowest BCUT2D eigenvalue weighted by Crippen LogP contribution is -2.40. The molecule has 1 saturated heterocycles. The lowest BCUT2D eigenvalue weighted by atomic mass is 9.97. The first kappa shape index (κ1) is 17.4. The van der Waals surface area contributed by atoms with Crippen molar-refractivity contribution in [1.29, 1.82) is 0 Å². The highest BCUT2D eigenvalue weighted by Crippen LogP contribution is 2.19. The number of likely N-dealkylation sites (tertiary alicyclic amines) is 1. The van der Waals surface area contributed by atoms with E-state index >= 15 is 0 Å². The van der Waals surface area contributed by atoms with Crippen LogP contribution in [0.5, 0.6) is 0 Å². The number of amides is 1. The number of anilines is 1. The zero-order valence-electron chi connectivity index (χ0n) is 14.1. The first-order valence-electron chi connectivity index (χ1n) is 8.55. The number of nitrogens with zero attached hydrogens (tertiary/aromatic N) is 2. The Morgan fingerprint density at radius 1 is 1.28 bits per heavy atom. The largest absolute Gasteiger partial charge is 0.379 e. The molecule has 5 nitrogen and oxygen atoms in total. The van der Waals surface area contributed by atoms with Crippen molar-refractivity contribution >= 4 is 11.6 Å². The molecule has 0 unspecified atom stereocenters. The van der Waals surface area contributed by atoms with Crippen LogP contribution in [0, 0.1) is 11.7 Å². The molecule has 1 aromatic heterocycles. The number of nitrogens with two attached hydrogens (primary N) is 1. The number of piperidine rings is 1. The molecule has 1 atom stereocenters. The molecule has 0 radical (unpaired) electrons. The molecular formula is C19H23FN4O. The van der Waals surface area contributed by atoms with Gasteiger partial charge in [0.2, 0.25) is 5.91 Å². The van der Waals surface area contributed by atoms with Gasteiger partial charge in [-0.1, -0.05) is 12.1 Å². The molecule has 3 N–H and O–H groups in total. The van der Waals surface area contributed by atoms with Crippen LogP contribution in [-0.4, -0.2) is 28.9 Å². The smallest absolute Gasteiger partial charge is 0.221 e. The molecule has 0 aliphatic carbocycles. The molecule has 2 heterocycles. The van der Waals surface area contributed by atoms with Crippen molar-refractivity contribution in [2.24, 2.45) is 11.7 Å². The highest BCUT2D eigenvalue weighted by molar-refractivity contribution is 5.76. The first-order chi connectivity index (χ1) is 12.1. The normalized spacial score (nSPS) is 18.0. The van der Waals surface area contributed by atoms with E-state index in [0.717, 1.165) is 43.9 Å². The van der Waals surface area contributed by atoms with E-state index in [1.54, 1.807) is 6.07 Å². The second kappa shape index (κ2) is 8.07. The highest BCUT2D eigenvalue weighted by atomic mass is 19.1. The van der Waals surface area contributed by atoms with E-state index in [4.69, 9.17) is 5.73 Å². The van der Waals surface area contributed by atoms with Gasteiger partial charge in [-0.3, -0.25) is 14.7 Å². The van der Waals surface area contributed by atoms with Crippen LogP contribution in [0.3, 0.4) is 0 Å². The van der Waals surface area contributed by atoms with Crippen LogP contribution in [0.15, 0.2) is 42.6 Å². The van der Waals surface area contributed by atoms with E-state index in [1.165, 1.54) is 17.8 Å². The summed E-state index contributed by atoms with van der Waals surface area (Å²) in [5.74, 6) is -0.555. The van der Waals surface area contributed by atoms with Crippen LogP contribution in [0.25, 0.3) is 0 Å². The van der Waals surface area contributed by atoms with E-state index < -0.39 is 0 Å². The van der Waals surface area contributed by atoms with Gasteiger partial charge in [0, 0.05) is 18.8 Å². The number of nitrogens with one attached hydrogen (secondary N) is 1. The van der Waals surface area contributed by atoms with Gasteiger partial charge in [-0.15, -0.1) is 0 Å². The van der Waals surface area contributed by atoms with Crippen LogP contribution in [0.2, 0.25) is 0 Å². The van der Waals surface area contributed by atoms with Gasteiger partial charge >= 0.3 is 0 Å². The standard InChI is InChI=1S/C19H23FN4O/c20-16-5-8-18(22-10-16)11-23-17-6-3-14(4-7-17)12-24-9-1-2-15(13-24)19(21)25/h3-8,10,15,23H,1-2,9,11-13H2,(H2,21,25)/t15-/m0/s1. The molecule has 1 fully saturated rings. The molecule has 0 spiro atoms. The topological polar surface area (TPSA) is 71.2 Å². The summed E-state index contributed by atoms with van der Waals surface area (Å²) < 4.78 is 12.8. The predicted octanol–water partition coefficient (Wildman–Crippen LogP) is 2.53. The van der Waals surface area contributed by atoms with Crippen LogP contribution in [-0.2, 0) is 17.9 Å². The van der Waals surface area contributed by atoms with E-state index in [1.807, 2.05) is 12.1 Å². The molecule has 1 amide bonds. The van der Waals surface area contributed by atoms with E-state index in [-0.39, 0.29) is 17.6 Å². The predicted molar refractivity (Wildman–Crippen MR) is 95.2 cm³/mol. The zero-order valence-corrected chi connectivity index (χ0v) is 14.1. The summed E-state index contributed by atoms with van der Waals surface area (Å²) >= 11 is 0. The Labute approximate surface area is 147 Å². The van der Waals surface area contributed by atoms with Crippen LogP contribution in [0.1, 0.15) is 24.1 Å². The Morgan fingerprint density at radius 3 is 2.76 bits per heavy atom. The summed E-state index contributed by atoms with van der Waals surface area (Å²) in [6.45, 7) is 3.11. The molecule has 1 aliphatic heterocycles. The number of aromatic nitrogens is 1. The van der Waals surface area contributed by atoms with Crippen molar-refractivity contribution in [2.75, 3.05) is 18.4 Å². The SMILES string of the molecule is NC(=O)[C@H]1CCCN(Cc2ccc(NCc3ccc(F)cn3)cc2)C1. The third-order valence-electron chi connectivity index (χ3n) is 4.53. The molecule has 1 aliphatic rings. The third-order valence-corrected chi connectivity index (χ3v) is 4.53. The monoisotopic (exact) mass is 342 g/mol. The van der Waals surface area contributed by atoms with Crippen LogP contribution < -0.4 is 11.1 Å². The molecule has 132 valence electrons. The van der Waals surface area contributed by atoms with Gasteiger partial charge < -0.3 is 11.1 Å². The van der Waals surface area contributed by atoms with Gasteiger partial charge in [0.05, 0.1) is 24.4 Å². The summed E-state index contributed by atoms with van der Waals surface area (Å²) in [5, 5.41) is 3.27. The fraction of sp³-hybridized carbons (Fsp3) is 0.368. The minimum atomic E-state index is -0.329. The van der Waals surface area contributed by atoms with Crippen molar-refractivity contribution < 1.29 is 9.18 Å². The van der Waals surface area contributed by atoms with Crippen molar-refractivity contribution in [3.63, 3.8) is 0 Å². The fourth-order valence-corrected chi connectivity index (χ4v) is 3.12. The highest BCUT2D eigenvalue weighted by Gasteiger charge is 2.23. The summed E-state index contributed by atoms with van der Waals surface area (Å²) in [6, 6.07) is 11.3. The minimum absolute atomic E-state index is 0.0297. The van der Waals surface area contributed by atoms with Gasteiger partial charge in [-0.2, -0.15) is 0 Å². The lowest BCUT2D eigenvalue weighted by molar-refractivity contribution is -0.123. The Balaban J connectivity index is 1.51. The van der Waals surface area contributed by atoms with Gasteiger partial charge in [-0.25, -0.2) is 4.39 Å². The van der Waals surface area contributed by atoms with Gasteiger partial charge in [0.1, 0.15) is 5.82 Å². The number of carbonyl (C=O) groups excluding carboxylic acids is 1. The quantitative estimate of drug-likeness (QED) is 0.846. The molecule has 1 aromatic carbocycles. The second-order valence-electron chi connectivity index (χ2n) is 6.49. The number of hydrogen-bond donors (Lipinski definition) is 2. The lowest BCUT2D eigenvalue weighted by Gasteiger charge is -2.31. The molecule has 0 saturated carbocycles. The maximum Gasteiger partial charge on any atom is 0.221 e. The number of pyridine rings is 1. The van der Waals surface area contributed by atoms with Crippen molar-refractivity contribution in [3.8, 4) is 0 Å². The Hall–Kier alpha value is -2.47. The van der Waals surface area contributed by atoms with Gasteiger partial charge in [0.15, 0.2) is 0 Å². The Bertz CT molecular complexity index is 702. The summed E-state index contributed by atoms with van der Waals surface area (Å²) in [6.07, 6.45) is 3.13. The average molecular weight is 342 g/mol. The number of halogens is 1. The fourth-order valence-electron chi connectivity index (χ4n) is 3.12. The van der Waals surface area contributed by atoms with Gasteiger partial charge in [0.25, 0.3) is 0 Å². The summed E-state index contributed by atoms with van der Waals surface area (Å²) in [4.78, 5) is 17.7. The summed E-state index contributed by atoms with van der Waals surface area (Å²) in [5.41, 5.74) is 8.41. The van der Waals surface area contributed by atoms with Crippen LogP contribution in [0.4, 0.5) is 10.1 Å². The minimum Gasteiger partial charge on any atom is -0.379 e. The number of carbonyl (C=O) groups is 1. The molecule has 6 heteroatoms. The Morgan fingerprint density at radius 2 is 2.08 bits per heavy atom. The van der Waals surface area contributed by atoms with Crippen LogP contribution >= 0.6 is 0 Å². The first-order valence-corrected chi connectivity index (χ1v) is 8.55.